The molecule has 0 aromatic carbocycles. The third kappa shape index (κ3) is 4.25. The smallest absolute Gasteiger partial charge is 0.309 e. The standard InChI is InChI=1S/C14H27NO3/c1-12(2,11(16)17)7-8-15-9-13(3,4)18-14(5,6)10-15/h7-10H2,1-6H3,(H,16,17). The molecule has 0 radical (unpaired) electrons. The van der Waals surface area contributed by atoms with Crippen molar-refractivity contribution in [3.05, 3.63) is 0 Å². The van der Waals surface area contributed by atoms with Crippen molar-refractivity contribution in [1.82, 2.24) is 4.90 Å². The molecule has 4 nitrogen and oxygen atoms in total. The minimum absolute atomic E-state index is 0.172. The predicted molar refractivity (Wildman–Crippen MR) is 71.7 cm³/mol. The number of hydrogen-bond acceptors (Lipinski definition) is 3. The summed E-state index contributed by atoms with van der Waals surface area (Å²) in [5, 5.41) is 9.13. The minimum atomic E-state index is -0.728. The Hall–Kier alpha value is -0.610. The summed E-state index contributed by atoms with van der Waals surface area (Å²) in [6.07, 6.45) is 0.661. The summed E-state index contributed by atoms with van der Waals surface area (Å²) in [5.74, 6) is -0.728. The molecule has 0 atom stereocenters. The maximum atomic E-state index is 11.1. The van der Waals surface area contributed by atoms with E-state index in [2.05, 4.69) is 32.6 Å². The summed E-state index contributed by atoms with van der Waals surface area (Å²) >= 11 is 0. The second-order valence-corrected chi connectivity index (χ2v) is 7.27. The Balaban J connectivity index is 2.60. The highest BCUT2D eigenvalue weighted by molar-refractivity contribution is 5.73. The molecule has 4 heteroatoms. The van der Waals surface area contributed by atoms with Crippen molar-refractivity contribution in [3.63, 3.8) is 0 Å². The van der Waals surface area contributed by atoms with Crippen LogP contribution in [0.1, 0.15) is 48.0 Å². The maximum Gasteiger partial charge on any atom is 0.309 e. The predicted octanol–water partition coefficient (Wildman–Crippen LogP) is 2.38. The molecular formula is C14H27NO3. The Morgan fingerprint density at radius 1 is 1.22 bits per heavy atom. The molecule has 1 aliphatic heterocycles. The van der Waals surface area contributed by atoms with E-state index >= 15 is 0 Å². The zero-order chi connectivity index (χ0) is 14.2. The van der Waals surface area contributed by atoms with Gasteiger partial charge in [-0.25, -0.2) is 0 Å². The summed E-state index contributed by atoms with van der Waals surface area (Å²) in [6.45, 7) is 14.4. The van der Waals surface area contributed by atoms with Crippen LogP contribution in [0.25, 0.3) is 0 Å². The molecule has 1 aliphatic rings. The summed E-state index contributed by atoms with van der Waals surface area (Å²) < 4.78 is 6.01. The van der Waals surface area contributed by atoms with Crippen molar-refractivity contribution < 1.29 is 14.6 Å². The van der Waals surface area contributed by atoms with Gasteiger partial charge in [0.2, 0.25) is 0 Å². The topological polar surface area (TPSA) is 49.8 Å². The van der Waals surface area contributed by atoms with E-state index in [0.29, 0.717) is 6.42 Å². The zero-order valence-electron chi connectivity index (χ0n) is 12.5. The molecule has 0 unspecified atom stereocenters. The average Bonchev–Trinajstić information content (AvgIpc) is 2.09. The van der Waals surface area contributed by atoms with Gasteiger partial charge in [0.05, 0.1) is 16.6 Å². The van der Waals surface area contributed by atoms with Crippen molar-refractivity contribution in [2.24, 2.45) is 5.41 Å². The van der Waals surface area contributed by atoms with Crippen molar-refractivity contribution >= 4 is 5.97 Å². The lowest BCUT2D eigenvalue weighted by molar-refractivity contribution is -0.181. The third-order valence-corrected chi connectivity index (χ3v) is 3.39. The molecule has 0 aliphatic carbocycles. The van der Waals surface area contributed by atoms with Crippen LogP contribution in [0.3, 0.4) is 0 Å². The van der Waals surface area contributed by atoms with E-state index in [1.54, 1.807) is 13.8 Å². The Bertz CT molecular complexity index is 305. The van der Waals surface area contributed by atoms with Gasteiger partial charge >= 0.3 is 5.97 Å². The van der Waals surface area contributed by atoms with Crippen LogP contribution in [-0.4, -0.2) is 46.8 Å². The number of carboxylic acid groups (broad SMARTS) is 1. The second kappa shape index (κ2) is 4.82. The summed E-state index contributed by atoms with van der Waals surface area (Å²) in [6, 6.07) is 0. The third-order valence-electron chi connectivity index (χ3n) is 3.39. The lowest BCUT2D eigenvalue weighted by Gasteiger charge is -2.47. The summed E-state index contributed by atoms with van der Waals surface area (Å²) in [5.41, 5.74) is -1.00. The van der Waals surface area contributed by atoms with Crippen LogP contribution in [0.4, 0.5) is 0 Å². The number of carboxylic acids is 1. The van der Waals surface area contributed by atoms with Gasteiger partial charge < -0.3 is 9.84 Å². The van der Waals surface area contributed by atoms with E-state index in [9.17, 15) is 4.79 Å². The van der Waals surface area contributed by atoms with Crippen LogP contribution < -0.4 is 0 Å². The fourth-order valence-corrected chi connectivity index (χ4v) is 2.65. The average molecular weight is 257 g/mol. The van der Waals surface area contributed by atoms with Gasteiger partial charge in [-0.2, -0.15) is 0 Å². The molecule has 1 heterocycles. The number of aliphatic carboxylic acids is 1. The van der Waals surface area contributed by atoms with E-state index < -0.39 is 11.4 Å². The first-order chi connectivity index (χ1) is 7.94. The molecule has 0 bridgehead atoms. The number of carbonyl (C=O) groups is 1. The first-order valence-electron chi connectivity index (χ1n) is 6.60. The molecule has 0 amide bonds. The molecule has 1 fully saturated rings. The molecule has 1 saturated heterocycles. The van der Waals surface area contributed by atoms with Gasteiger partial charge in [0.15, 0.2) is 0 Å². The van der Waals surface area contributed by atoms with Crippen LogP contribution in [0.5, 0.6) is 0 Å². The van der Waals surface area contributed by atoms with Crippen molar-refractivity contribution in [2.75, 3.05) is 19.6 Å². The Kier molecular flexibility index (Phi) is 4.13. The molecule has 106 valence electrons. The number of morpholine rings is 1. The molecule has 1 rings (SSSR count). The van der Waals surface area contributed by atoms with Crippen LogP contribution in [0.15, 0.2) is 0 Å². The number of ether oxygens (including phenoxy) is 1. The van der Waals surface area contributed by atoms with Gasteiger partial charge in [0.1, 0.15) is 0 Å². The van der Waals surface area contributed by atoms with Gasteiger partial charge in [-0.1, -0.05) is 0 Å². The van der Waals surface area contributed by atoms with E-state index in [4.69, 9.17) is 9.84 Å². The van der Waals surface area contributed by atoms with Gasteiger partial charge in [-0.3, -0.25) is 9.69 Å². The highest BCUT2D eigenvalue weighted by atomic mass is 16.5. The fraction of sp³-hybridized carbons (Fsp3) is 0.929. The highest BCUT2D eigenvalue weighted by Gasteiger charge is 2.38. The lowest BCUT2D eigenvalue weighted by atomic mass is 9.88. The zero-order valence-corrected chi connectivity index (χ0v) is 12.5. The monoisotopic (exact) mass is 257 g/mol. The number of nitrogens with zero attached hydrogens (tertiary/aromatic N) is 1. The normalized spacial score (nSPS) is 23.9. The molecule has 1 N–H and O–H groups in total. The van der Waals surface area contributed by atoms with Gasteiger partial charge in [-0.15, -0.1) is 0 Å². The van der Waals surface area contributed by atoms with E-state index in [0.717, 1.165) is 19.6 Å². The van der Waals surface area contributed by atoms with E-state index in [1.807, 2.05) is 0 Å². The molecule has 18 heavy (non-hydrogen) atoms. The van der Waals surface area contributed by atoms with Gasteiger partial charge in [0.25, 0.3) is 0 Å². The van der Waals surface area contributed by atoms with E-state index in [1.165, 1.54) is 0 Å². The maximum absolute atomic E-state index is 11.1. The summed E-state index contributed by atoms with van der Waals surface area (Å²) in [4.78, 5) is 13.4. The van der Waals surface area contributed by atoms with Crippen molar-refractivity contribution in [2.45, 2.75) is 59.2 Å². The number of rotatable bonds is 4. The first kappa shape index (κ1) is 15.4. The Labute approximate surface area is 110 Å². The van der Waals surface area contributed by atoms with E-state index in [-0.39, 0.29) is 11.2 Å². The second-order valence-electron chi connectivity index (χ2n) is 7.27. The summed E-state index contributed by atoms with van der Waals surface area (Å²) in [7, 11) is 0. The van der Waals surface area contributed by atoms with Gasteiger partial charge in [-0.05, 0) is 54.5 Å². The molecule has 0 spiro atoms. The fourth-order valence-electron chi connectivity index (χ4n) is 2.65. The molecular weight excluding hydrogens is 230 g/mol. The SMILES string of the molecule is CC1(C)CN(CCC(C)(C)C(=O)O)CC(C)(C)O1. The van der Waals surface area contributed by atoms with Crippen LogP contribution in [0, 0.1) is 5.41 Å². The van der Waals surface area contributed by atoms with Crippen molar-refractivity contribution in [1.29, 1.82) is 0 Å². The molecule has 0 saturated carbocycles. The van der Waals surface area contributed by atoms with Crippen molar-refractivity contribution in [3.8, 4) is 0 Å². The minimum Gasteiger partial charge on any atom is -0.481 e. The quantitative estimate of drug-likeness (QED) is 0.840. The van der Waals surface area contributed by atoms with Crippen LogP contribution in [0.2, 0.25) is 0 Å². The largest absolute Gasteiger partial charge is 0.481 e. The van der Waals surface area contributed by atoms with Crippen LogP contribution in [-0.2, 0) is 9.53 Å². The van der Waals surface area contributed by atoms with Crippen LogP contribution >= 0.6 is 0 Å². The highest BCUT2D eigenvalue weighted by Crippen LogP contribution is 2.29. The molecule has 0 aromatic rings. The Morgan fingerprint density at radius 2 is 1.67 bits per heavy atom. The first-order valence-corrected chi connectivity index (χ1v) is 6.60. The lowest BCUT2D eigenvalue weighted by Crippen LogP contribution is -2.57. The number of hydrogen-bond donors (Lipinski definition) is 1. The van der Waals surface area contributed by atoms with Gasteiger partial charge in [0, 0.05) is 13.1 Å². The Morgan fingerprint density at radius 3 is 2.06 bits per heavy atom. The molecule has 0 aromatic heterocycles.